The van der Waals surface area contributed by atoms with Gasteiger partial charge in [-0.1, -0.05) is 0 Å². The Morgan fingerprint density at radius 1 is 1.38 bits per heavy atom. The van der Waals surface area contributed by atoms with Crippen LogP contribution in [0.1, 0.15) is 6.42 Å². The highest BCUT2D eigenvalue weighted by atomic mass is 35.5. The zero-order valence-electron chi connectivity index (χ0n) is 7.54. The van der Waals surface area contributed by atoms with Gasteiger partial charge in [-0.3, -0.25) is 4.79 Å². The van der Waals surface area contributed by atoms with E-state index in [4.69, 9.17) is 16.3 Å². The summed E-state index contributed by atoms with van der Waals surface area (Å²) in [7, 11) is 0. The number of halogens is 1. The van der Waals surface area contributed by atoms with Crippen LogP contribution in [0.3, 0.4) is 0 Å². The maximum absolute atomic E-state index is 11.5. The normalized spacial score (nSPS) is 32.2. The number of hydrogen-bond donors (Lipinski definition) is 0. The Balaban J connectivity index is 1.87. The summed E-state index contributed by atoms with van der Waals surface area (Å²) in [6.45, 7) is 3.41. The van der Waals surface area contributed by atoms with Crippen LogP contribution in [0.25, 0.3) is 0 Å². The lowest BCUT2D eigenvalue weighted by molar-refractivity contribution is -0.130. The number of amides is 1. The second-order valence-corrected chi connectivity index (χ2v) is 4.17. The van der Waals surface area contributed by atoms with Crippen molar-refractivity contribution in [3.8, 4) is 0 Å². The fourth-order valence-electron chi connectivity index (χ4n) is 2.13. The molecule has 0 aromatic heterocycles. The topological polar surface area (TPSA) is 29.5 Å². The number of likely N-dealkylation sites (tertiary alicyclic amines) is 1. The van der Waals surface area contributed by atoms with E-state index in [0.29, 0.717) is 24.1 Å². The third kappa shape index (κ3) is 1.81. The van der Waals surface area contributed by atoms with Gasteiger partial charge in [-0.15, -0.1) is 11.6 Å². The quantitative estimate of drug-likeness (QED) is 0.619. The Morgan fingerprint density at radius 2 is 2.00 bits per heavy atom. The predicted octanol–water partition coefficient (Wildman–Crippen LogP) is 0.720. The van der Waals surface area contributed by atoms with Gasteiger partial charge in [0.05, 0.1) is 13.2 Å². The number of carbonyl (C=O) groups is 1. The van der Waals surface area contributed by atoms with Crippen LogP contribution in [-0.2, 0) is 9.53 Å². The average Bonchev–Trinajstić information content (AvgIpc) is 2.61. The maximum Gasteiger partial charge on any atom is 0.223 e. The van der Waals surface area contributed by atoms with E-state index in [1.807, 2.05) is 4.90 Å². The molecule has 0 spiro atoms. The summed E-state index contributed by atoms with van der Waals surface area (Å²) in [6, 6.07) is 0. The summed E-state index contributed by atoms with van der Waals surface area (Å²) < 4.78 is 5.34. The molecule has 4 heteroatoms. The first kappa shape index (κ1) is 9.28. The average molecular weight is 204 g/mol. The number of hydrogen-bond acceptors (Lipinski definition) is 2. The Morgan fingerprint density at radius 3 is 2.54 bits per heavy atom. The van der Waals surface area contributed by atoms with E-state index in [-0.39, 0.29) is 5.91 Å². The zero-order valence-corrected chi connectivity index (χ0v) is 8.29. The van der Waals surface area contributed by atoms with Gasteiger partial charge in [0.25, 0.3) is 0 Å². The van der Waals surface area contributed by atoms with Crippen molar-refractivity contribution in [1.29, 1.82) is 0 Å². The van der Waals surface area contributed by atoms with Crippen LogP contribution in [0.2, 0.25) is 0 Å². The van der Waals surface area contributed by atoms with Crippen LogP contribution in [0, 0.1) is 11.8 Å². The summed E-state index contributed by atoms with van der Waals surface area (Å²) in [5.41, 5.74) is 0. The van der Waals surface area contributed by atoms with Crippen molar-refractivity contribution in [2.45, 2.75) is 6.42 Å². The smallest absolute Gasteiger partial charge is 0.223 e. The minimum absolute atomic E-state index is 0.199. The van der Waals surface area contributed by atoms with Gasteiger partial charge in [0.1, 0.15) is 0 Å². The third-order valence-corrected chi connectivity index (χ3v) is 3.09. The van der Waals surface area contributed by atoms with Crippen molar-refractivity contribution < 1.29 is 9.53 Å². The molecule has 2 heterocycles. The summed E-state index contributed by atoms with van der Waals surface area (Å²) in [5, 5.41) is 0. The number of ether oxygens (including phenoxy) is 1. The zero-order chi connectivity index (χ0) is 9.26. The van der Waals surface area contributed by atoms with Gasteiger partial charge in [0.15, 0.2) is 0 Å². The minimum atomic E-state index is 0.199. The first-order valence-corrected chi connectivity index (χ1v) is 5.26. The maximum atomic E-state index is 11.5. The first-order valence-electron chi connectivity index (χ1n) is 4.72. The predicted molar refractivity (Wildman–Crippen MR) is 49.7 cm³/mol. The first-order chi connectivity index (χ1) is 6.31. The Kier molecular flexibility index (Phi) is 2.74. The molecule has 13 heavy (non-hydrogen) atoms. The Bertz CT molecular complexity index is 198. The van der Waals surface area contributed by atoms with E-state index in [1.165, 1.54) is 0 Å². The van der Waals surface area contributed by atoms with Gasteiger partial charge in [-0.25, -0.2) is 0 Å². The Hall–Kier alpha value is -0.280. The molecule has 0 bridgehead atoms. The highest BCUT2D eigenvalue weighted by Crippen LogP contribution is 2.29. The lowest BCUT2D eigenvalue weighted by atomic mass is 10.0. The summed E-state index contributed by atoms with van der Waals surface area (Å²) in [5.74, 6) is 1.80. The van der Waals surface area contributed by atoms with Gasteiger partial charge in [0.2, 0.25) is 5.91 Å². The van der Waals surface area contributed by atoms with E-state index < -0.39 is 0 Å². The molecule has 0 aromatic carbocycles. The molecule has 0 aromatic rings. The second kappa shape index (κ2) is 3.84. The molecule has 2 aliphatic rings. The van der Waals surface area contributed by atoms with Crippen molar-refractivity contribution in [2.75, 3.05) is 32.2 Å². The lowest BCUT2D eigenvalue weighted by Gasteiger charge is -2.16. The van der Waals surface area contributed by atoms with Gasteiger partial charge >= 0.3 is 0 Å². The van der Waals surface area contributed by atoms with Gasteiger partial charge in [0, 0.05) is 37.2 Å². The molecule has 74 valence electrons. The van der Waals surface area contributed by atoms with Crippen molar-refractivity contribution >= 4 is 17.5 Å². The van der Waals surface area contributed by atoms with Gasteiger partial charge in [-0.05, 0) is 0 Å². The molecule has 2 atom stereocenters. The van der Waals surface area contributed by atoms with Gasteiger partial charge < -0.3 is 9.64 Å². The van der Waals surface area contributed by atoms with Crippen LogP contribution in [0.15, 0.2) is 0 Å². The number of alkyl halides is 1. The van der Waals surface area contributed by atoms with E-state index in [9.17, 15) is 4.79 Å². The lowest BCUT2D eigenvalue weighted by Crippen LogP contribution is -2.30. The molecule has 2 aliphatic heterocycles. The Labute approximate surface area is 83.0 Å². The molecular weight excluding hydrogens is 190 g/mol. The molecule has 0 saturated carbocycles. The van der Waals surface area contributed by atoms with E-state index in [0.717, 1.165) is 26.3 Å². The van der Waals surface area contributed by atoms with Crippen LogP contribution >= 0.6 is 11.6 Å². The van der Waals surface area contributed by atoms with Crippen LogP contribution in [0.4, 0.5) is 0 Å². The van der Waals surface area contributed by atoms with Crippen molar-refractivity contribution in [3.05, 3.63) is 0 Å². The number of carbonyl (C=O) groups excluding carboxylic acids is 1. The standard InChI is InChI=1S/C9H14ClNO2/c10-2-1-9(12)11-3-7-5-13-6-8(7)4-11/h7-8H,1-6H2/t7-,8+. The number of fused-ring (bicyclic) bond motifs is 1. The summed E-state index contributed by atoms with van der Waals surface area (Å²) in [6.07, 6.45) is 0.474. The van der Waals surface area contributed by atoms with E-state index in [1.54, 1.807) is 0 Å². The minimum Gasteiger partial charge on any atom is -0.381 e. The van der Waals surface area contributed by atoms with Crippen molar-refractivity contribution in [3.63, 3.8) is 0 Å². The van der Waals surface area contributed by atoms with Crippen molar-refractivity contribution in [1.82, 2.24) is 4.90 Å². The molecule has 0 aliphatic carbocycles. The summed E-state index contributed by atoms with van der Waals surface area (Å²) >= 11 is 5.52. The largest absolute Gasteiger partial charge is 0.381 e. The van der Waals surface area contributed by atoms with Gasteiger partial charge in [-0.2, -0.15) is 0 Å². The second-order valence-electron chi connectivity index (χ2n) is 3.80. The van der Waals surface area contributed by atoms with Crippen LogP contribution in [0.5, 0.6) is 0 Å². The van der Waals surface area contributed by atoms with E-state index in [2.05, 4.69) is 0 Å². The fourth-order valence-corrected chi connectivity index (χ4v) is 2.29. The third-order valence-electron chi connectivity index (χ3n) is 2.90. The summed E-state index contributed by atoms with van der Waals surface area (Å²) in [4.78, 5) is 13.4. The highest BCUT2D eigenvalue weighted by Gasteiger charge is 2.38. The molecule has 2 fully saturated rings. The monoisotopic (exact) mass is 203 g/mol. The van der Waals surface area contributed by atoms with Crippen molar-refractivity contribution in [2.24, 2.45) is 11.8 Å². The highest BCUT2D eigenvalue weighted by molar-refractivity contribution is 6.18. The molecule has 2 saturated heterocycles. The molecular formula is C9H14ClNO2. The molecule has 3 nitrogen and oxygen atoms in total. The molecule has 1 amide bonds. The SMILES string of the molecule is O=C(CCCl)N1C[C@H]2COC[C@H]2C1. The molecule has 0 unspecified atom stereocenters. The fraction of sp³-hybridized carbons (Fsp3) is 0.889. The molecule has 2 rings (SSSR count). The van der Waals surface area contributed by atoms with Crippen LogP contribution in [-0.4, -0.2) is 43.0 Å². The van der Waals surface area contributed by atoms with Crippen LogP contribution < -0.4 is 0 Å². The van der Waals surface area contributed by atoms with E-state index >= 15 is 0 Å². The molecule has 0 radical (unpaired) electrons. The molecule has 0 N–H and O–H groups in total. The number of nitrogens with zero attached hydrogens (tertiary/aromatic N) is 1. The number of rotatable bonds is 2.